The quantitative estimate of drug-likeness (QED) is 0.685. The number of allylic oxidation sites excluding steroid dienone is 1. The van der Waals surface area contributed by atoms with Crippen molar-refractivity contribution >= 4 is 12.0 Å². The van der Waals surface area contributed by atoms with E-state index < -0.39 is 0 Å². The largest absolute Gasteiger partial charge is 0.493 e. The topological polar surface area (TPSA) is 51.2 Å². The number of carbonyl (C=O) groups excluding carboxylic acids is 1. The Hall–Kier alpha value is -2.99. The normalized spacial score (nSPS) is 16.3. The van der Waals surface area contributed by atoms with E-state index in [1.165, 1.54) is 11.1 Å². The number of hydrogen-bond acceptors (Lipinski definition) is 5. The molecule has 2 aromatic carbocycles. The smallest absolute Gasteiger partial charge is 0.260 e. The van der Waals surface area contributed by atoms with Crippen LogP contribution in [0, 0.1) is 0 Å². The van der Waals surface area contributed by atoms with E-state index in [2.05, 4.69) is 23.1 Å². The Morgan fingerprint density at radius 1 is 1.10 bits per heavy atom. The molecular formula is C25H30N2O4. The second-order valence-electron chi connectivity index (χ2n) is 7.90. The van der Waals surface area contributed by atoms with E-state index >= 15 is 0 Å². The molecule has 6 nitrogen and oxygen atoms in total. The van der Waals surface area contributed by atoms with Gasteiger partial charge in [0.1, 0.15) is 5.75 Å². The number of carbonyl (C=O) groups is 1. The summed E-state index contributed by atoms with van der Waals surface area (Å²) in [6, 6.07) is 12.2. The molecule has 0 spiro atoms. The first-order chi connectivity index (χ1) is 15.2. The highest BCUT2D eigenvalue weighted by atomic mass is 16.5. The number of methoxy groups -OCH3 is 1. The van der Waals surface area contributed by atoms with Crippen LogP contribution in [0.15, 0.2) is 42.5 Å². The highest BCUT2D eigenvalue weighted by Gasteiger charge is 2.22. The van der Waals surface area contributed by atoms with E-state index in [1.54, 1.807) is 7.11 Å². The van der Waals surface area contributed by atoms with E-state index in [4.69, 9.17) is 14.2 Å². The Labute approximate surface area is 184 Å². The summed E-state index contributed by atoms with van der Waals surface area (Å²) < 4.78 is 16.8. The van der Waals surface area contributed by atoms with Crippen molar-refractivity contribution in [3.8, 4) is 17.2 Å². The number of fused-ring (bicyclic) bond motifs is 1. The second-order valence-corrected chi connectivity index (χ2v) is 7.90. The molecule has 4 rings (SSSR count). The maximum absolute atomic E-state index is 12.6. The fraction of sp³-hybridized carbons (Fsp3) is 0.400. The molecule has 0 saturated carbocycles. The van der Waals surface area contributed by atoms with Crippen molar-refractivity contribution in [2.24, 2.45) is 0 Å². The van der Waals surface area contributed by atoms with Crippen molar-refractivity contribution in [2.45, 2.75) is 19.9 Å². The molecule has 0 aromatic heterocycles. The Morgan fingerprint density at radius 3 is 2.71 bits per heavy atom. The second kappa shape index (κ2) is 9.88. The Kier molecular flexibility index (Phi) is 6.77. The van der Waals surface area contributed by atoms with Crippen LogP contribution >= 0.6 is 0 Å². The number of benzene rings is 2. The Balaban J connectivity index is 1.26. The lowest BCUT2D eigenvalue weighted by Gasteiger charge is -2.34. The summed E-state index contributed by atoms with van der Waals surface area (Å²) in [6.45, 7) is 6.83. The molecule has 31 heavy (non-hydrogen) atoms. The highest BCUT2D eigenvalue weighted by Crippen LogP contribution is 2.29. The number of nitrogens with zero attached hydrogens (tertiary/aromatic N) is 2. The van der Waals surface area contributed by atoms with Crippen LogP contribution in [0.1, 0.15) is 23.6 Å². The zero-order chi connectivity index (χ0) is 21.6. The minimum atomic E-state index is 0.00825. The molecule has 1 amide bonds. The summed E-state index contributed by atoms with van der Waals surface area (Å²) in [6.07, 6.45) is 4.96. The highest BCUT2D eigenvalue weighted by molar-refractivity contribution is 5.78. The molecule has 1 saturated heterocycles. The van der Waals surface area contributed by atoms with Crippen LogP contribution in [0.5, 0.6) is 17.2 Å². The molecule has 2 heterocycles. The van der Waals surface area contributed by atoms with Crippen LogP contribution in [-0.4, -0.2) is 62.2 Å². The standard InChI is InChI=1S/C25H30N2O4/c1-3-4-19-5-8-23(24(16-19)29-2)31-18-25(28)27-12-10-26(11-13-27)17-20-6-7-22-21(15-20)9-14-30-22/h3-8,15-16H,9-14,17-18H2,1-2H3/b4-3+. The van der Waals surface area contributed by atoms with E-state index in [9.17, 15) is 4.79 Å². The minimum Gasteiger partial charge on any atom is -0.493 e. The maximum Gasteiger partial charge on any atom is 0.260 e. The first-order valence-electron chi connectivity index (χ1n) is 10.8. The summed E-state index contributed by atoms with van der Waals surface area (Å²) in [5, 5.41) is 0. The average Bonchev–Trinajstić information content (AvgIpc) is 3.26. The van der Waals surface area contributed by atoms with Gasteiger partial charge in [-0.25, -0.2) is 0 Å². The number of rotatable bonds is 7. The van der Waals surface area contributed by atoms with E-state index in [-0.39, 0.29) is 12.5 Å². The van der Waals surface area contributed by atoms with Crippen LogP contribution in [0.4, 0.5) is 0 Å². The molecule has 0 radical (unpaired) electrons. The van der Waals surface area contributed by atoms with Gasteiger partial charge in [0.2, 0.25) is 0 Å². The third-order valence-corrected chi connectivity index (χ3v) is 5.78. The summed E-state index contributed by atoms with van der Waals surface area (Å²) in [5.41, 5.74) is 3.64. The lowest BCUT2D eigenvalue weighted by atomic mass is 10.1. The SMILES string of the molecule is C/C=C/c1ccc(OCC(=O)N2CCN(Cc3ccc4c(c3)CCO4)CC2)c(OC)c1. The first-order valence-corrected chi connectivity index (χ1v) is 10.8. The van der Waals surface area contributed by atoms with Gasteiger partial charge in [-0.1, -0.05) is 30.4 Å². The summed E-state index contributed by atoms with van der Waals surface area (Å²) >= 11 is 0. The van der Waals surface area contributed by atoms with Crippen LogP contribution in [0.25, 0.3) is 6.08 Å². The molecule has 0 N–H and O–H groups in total. The number of piperazine rings is 1. The molecule has 2 aliphatic rings. The van der Waals surface area contributed by atoms with Gasteiger partial charge in [-0.05, 0) is 41.8 Å². The van der Waals surface area contributed by atoms with Gasteiger partial charge in [0.25, 0.3) is 5.91 Å². The van der Waals surface area contributed by atoms with Crippen molar-refractivity contribution in [2.75, 3.05) is 46.5 Å². The molecule has 0 unspecified atom stereocenters. The summed E-state index contributed by atoms with van der Waals surface area (Å²) in [4.78, 5) is 16.9. The fourth-order valence-electron chi connectivity index (χ4n) is 4.08. The average molecular weight is 423 g/mol. The van der Waals surface area contributed by atoms with E-state index in [0.29, 0.717) is 24.6 Å². The van der Waals surface area contributed by atoms with E-state index in [1.807, 2.05) is 42.2 Å². The van der Waals surface area contributed by atoms with Gasteiger partial charge in [0.15, 0.2) is 18.1 Å². The molecule has 0 atom stereocenters. The lowest BCUT2D eigenvalue weighted by molar-refractivity contribution is -0.135. The lowest BCUT2D eigenvalue weighted by Crippen LogP contribution is -2.49. The molecular weight excluding hydrogens is 392 g/mol. The van der Waals surface area contributed by atoms with Gasteiger partial charge in [-0.2, -0.15) is 0 Å². The fourth-order valence-corrected chi connectivity index (χ4v) is 4.08. The molecule has 1 fully saturated rings. The number of hydrogen-bond donors (Lipinski definition) is 0. The van der Waals surface area contributed by atoms with Crippen LogP contribution in [0.3, 0.4) is 0 Å². The molecule has 164 valence electrons. The van der Waals surface area contributed by atoms with Crippen molar-refractivity contribution < 1.29 is 19.0 Å². The van der Waals surface area contributed by atoms with Gasteiger partial charge in [-0.3, -0.25) is 9.69 Å². The first kappa shape index (κ1) is 21.2. The van der Waals surface area contributed by atoms with Crippen molar-refractivity contribution in [3.63, 3.8) is 0 Å². The van der Waals surface area contributed by atoms with Gasteiger partial charge in [0, 0.05) is 39.1 Å². The minimum absolute atomic E-state index is 0.00825. The third kappa shape index (κ3) is 5.20. The zero-order valence-corrected chi connectivity index (χ0v) is 18.3. The van der Waals surface area contributed by atoms with Gasteiger partial charge < -0.3 is 19.1 Å². The number of ether oxygens (including phenoxy) is 3. The van der Waals surface area contributed by atoms with Crippen molar-refractivity contribution in [1.29, 1.82) is 0 Å². The van der Waals surface area contributed by atoms with Crippen molar-refractivity contribution in [1.82, 2.24) is 9.80 Å². The van der Waals surface area contributed by atoms with Gasteiger partial charge in [-0.15, -0.1) is 0 Å². The van der Waals surface area contributed by atoms with Gasteiger partial charge >= 0.3 is 0 Å². The molecule has 0 bridgehead atoms. The van der Waals surface area contributed by atoms with E-state index in [0.717, 1.165) is 44.0 Å². The van der Waals surface area contributed by atoms with Crippen LogP contribution in [-0.2, 0) is 17.8 Å². The van der Waals surface area contributed by atoms with Crippen molar-refractivity contribution in [3.05, 3.63) is 59.2 Å². The Bertz CT molecular complexity index is 949. The maximum atomic E-state index is 12.6. The molecule has 6 heteroatoms. The molecule has 2 aliphatic heterocycles. The number of amides is 1. The van der Waals surface area contributed by atoms with Crippen LogP contribution in [0.2, 0.25) is 0 Å². The summed E-state index contributed by atoms with van der Waals surface area (Å²) in [7, 11) is 1.61. The zero-order valence-electron chi connectivity index (χ0n) is 18.3. The molecule has 0 aliphatic carbocycles. The summed E-state index contributed by atoms with van der Waals surface area (Å²) in [5.74, 6) is 2.25. The predicted octanol–water partition coefficient (Wildman–Crippen LogP) is 3.39. The molecule has 2 aromatic rings. The third-order valence-electron chi connectivity index (χ3n) is 5.78. The predicted molar refractivity (Wildman–Crippen MR) is 121 cm³/mol. The van der Waals surface area contributed by atoms with Gasteiger partial charge in [0.05, 0.1) is 13.7 Å². The Morgan fingerprint density at radius 2 is 1.94 bits per heavy atom. The monoisotopic (exact) mass is 422 g/mol. The van der Waals surface area contributed by atoms with Crippen LogP contribution < -0.4 is 14.2 Å².